The summed E-state index contributed by atoms with van der Waals surface area (Å²) in [5, 5.41) is 8.22. The fraction of sp³-hybridized carbons (Fsp3) is 0.500. The van der Waals surface area contributed by atoms with Gasteiger partial charge in [-0.2, -0.15) is 0 Å². The zero-order valence-electron chi connectivity index (χ0n) is 14.3. The van der Waals surface area contributed by atoms with Crippen molar-refractivity contribution in [3.8, 4) is 5.75 Å². The molecule has 3 rings (SSSR count). The SMILES string of the molecule is C[C@H](C(=O)N1CCCC[C@@H]1C)n1cc(COc2ccccc2)nn1. The van der Waals surface area contributed by atoms with Gasteiger partial charge in [-0.05, 0) is 45.2 Å². The number of hydrogen-bond acceptors (Lipinski definition) is 4. The van der Waals surface area contributed by atoms with Crippen molar-refractivity contribution in [2.45, 2.75) is 51.8 Å². The molecule has 1 amide bonds. The van der Waals surface area contributed by atoms with E-state index in [-0.39, 0.29) is 11.9 Å². The maximum absolute atomic E-state index is 12.7. The largest absolute Gasteiger partial charge is 0.487 e. The van der Waals surface area contributed by atoms with Gasteiger partial charge in [-0.15, -0.1) is 5.10 Å². The van der Waals surface area contributed by atoms with Crippen LogP contribution >= 0.6 is 0 Å². The second kappa shape index (κ2) is 7.47. The highest BCUT2D eigenvalue weighted by Gasteiger charge is 2.28. The topological polar surface area (TPSA) is 60.2 Å². The van der Waals surface area contributed by atoms with Gasteiger partial charge in [0.2, 0.25) is 5.91 Å². The normalized spacial score (nSPS) is 19.1. The first-order valence-corrected chi connectivity index (χ1v) is 8.54. The predicted octanol–water partition coefficient (Wildman–Crippen LogP) is 2.82. The summed E-state index contributed by atoms with van der Waals surface area (Å²) in [7, 11) is 0. The third kappa shape index (κ3) is 3.75. The molecule has 2 atom stereocenters. The molecule has 2 aromatic rings. The van der Waals surface area contributed by atoms with Gasteiger partial charge in [0.05, 0.1) is 6.20 Å². The fourth-order valence-corrected chi connectivity index (χ4v) is 3.02. The number of hydrogen-bond donors (Lipinski definition) is 0. The van der Waals surface area contributed by atoms with Gasteiger partial charge in [0.1, 0.15) is 24.1 Å². The summed E-state index contributed by atoms with van der Waals surface area (Å²) in [6.07, 6.45) is 5.14. The average Bonchev–Trinajstić information content (AvgIpc) is 3.09. The second-order valence-corrected chi connectivity index (χ2v) is 6.34. The predicted molar refractivity (Wildman–Crippen MR) is 90.5 cm³/mol. The number of likely N-dealkylation sites (tertiary alicyclic amines) is 1. The standard InChI is InChI=1S/C18H24N4O2/c1-14-8-6-7-11-21(14)18(23)15(2)22-12-16(19-20-22)13-24-17-9-4-3-5-10-17/h3-5,9-10,12,14-15H,6-8,11,13H2,1-2H3/t14-,15+/m0/s1. The van der Waals surface area contributed by atoms with Gasteiger partial charge in [0, 0.05) is 12.6 Å². The fourth-order valence-electron chi connectivity index (χ4n) is 3.02. The molecule has 0 spiro atoms. The Kier molecular flexibility index (Phi) is 5.13. The Morgan fingerprint density at radius 1 is 1.33 bits per heavy atom. The van der Waals surface area contributed by atoms with E-state index >= 15 is 0 Å². The van der Waals surface area contributed by atoms with Crippen LogP contribution < -0.4 is 4.74 Å². The summed E-state index contributed by atoms with van der Waals surface area (Å²) in [6.45, 7) is 5.17. The quantitative estimate of drug-likeness (QED) is 0.847. The Balaban J connectivity index is 1.60. The molecule has 6 nitrogen and oxygen atoms in total. The van der Waals surface area contributed by atoms with Crippen molar-refractivity contribution >= 4 is 5.91 Å². The van der Waals surface area contributed by atoms with E-state index in [0.29, 0.717) is 18.3 Å². The number of aromatic nitrogens is 3. The summed E-state index contributed by atoms with van der Waals surface area (Å²) in [6, 6.07) is 9.54. The molecule has 24 heavy (non-hydrogen) atoms. The third-order valence-corrected chi connectivity index (χ3v) is 4.53. The first-order valence-electron chi connectivity index (χ1n) is 8.54. The lowest BCUT2D eigenvalue weighted by Gasteiger charge is -2.35. The van der Waals surface area contributed by atoms with Gasteiger partial charge in [-0.25, -0.2) is 4.68 Å². The molecule has 1 aromatic heterocycles. The van der Waals surface area contributed by atoms with Gasteiger partial charge in [0.15, 0.2) is 0 Å². The summed E-state index contributed by atoms with van der Waals surface area (Å²) >= 11 is 0. The number of para-hydroxylation sites is 1. The molecule has 6 heteroatoms. The van der Waals surface area contributed by atoms with E-state index in [0.717, 1.165) is 25.1 Å². The lowest BCUT2D eigenvalue weighted by atomic mass is 10.0. The van der Waals surface area contributed by atoms with E-state index in [9.17, 15) is 4.79 Å². The molecule has 1 aliphatic heterocycles. The minimum absolute atomic E-state index is 0.114. The molecule has 0 aliphatic carbocycles. The summed E-state index contributed by atoms with van der Waals surface area (Å²) in [4.78, 5) is 14.7. The van der Waals surface area contributed by atoms with Crippen molar-refractivity contribution in [3.63, 3.8) is 0 Å². The van der Waals surface area contributed by atoms with Crippen molar-refractivity contribution in [2.75, 3.05) is 6.54 Å². The van der Waals surface area contributed by atoms with E-state index in [1.54, 1.807) is 10.9 Å². The van der Waals surface area contributed by atoms with Crippen LogP contribution in [-0.2, 0) is 11.4 Å². The molecule has 2 heterocycles. The van der Waals surface area contributed by atoms with Crippen LogP contribution in [0.4, 0.5) is 0 Å². The highest BCUT2D eigenvalue weighted by atomic mass is 16.5. The van der Waals surface area contributed by atoms with Crippen LogP contribution in [0.5, 0.6) is 5.75 Å². The highest BCUT2D eigenvalue weighted by molar-refractivity contribution is 5.80. The van der Waals surface area contributed by atoms with Crippen molar-refractivity contribution in [1.82, 2.24) is 19.9 Å². The third-order valence-electron chi connectivity index (χ3n) is 4.53. The number of ether oxygens (including phenoxy) is 1. The molecular weight excluding hydrogens is 304 g/mol. The molecule has 0 saturated carbocycles. The molecule has 1 aliphatic rings. The van der Waals surface area contributed by atoms with Crippen molar-refractivity contribution in [3.05, 3.63) is 42.2 Å². The van der Waals surface area contributed by atoms with Crippen LogP contribution in [0.2, 0.25) is 0 Å². The smallest absolute Gasteiger partial charge is 0.247 e. The van der Waals surface area contributed by atoms with Crippen LogP contribution in [0.1, 0.15) is 44.8 Å². The van der Waals surface area contributed by atoms with Gasteiger partial charge in [-0.1, -0.05) is 23.4 Å². The van der Waals surface area contributed by atoms with E-state index < -0.39 is 0 Å². The number of benzene rings is 1. The molecule has 1 saturated heterocycles. The second-order valence-electron chi connectivity index (χ2n) is 6.34. The first-order chi connectivity index (χ1) is 11.6. The van der Waals surface area contributed by atoms with Crippen molar-refractivity contribution < 1.29 is 9.53 Å². The van der Waals surface area contributed by atoms with E-state index in [4.69, 9.17) is 4.74 Å². The number of rotatable bonds is 5. The van der Waals surface area contributed by atoms with E-state index in [2.05, 4.69) is 17.2 Å². The molecule has 1 fully saturated rings. The minimum Gasteiger partial charge on any atom is -0.487 e. The Bertz CT molecular complexity index is 671. The summed E-state index contributed by atoms with van der Waals surface area (Å²) in [5.74, 6) is 0.904. The summed E-state index contributed by atoms with van der Waals surface area (Å²) in [5.41, 5.74) is 0.713. The van der Waals surface area contributed by atoms with Gasteiger partial charge in [0.25, 0.3) is 0 Å². The zero-order valence-corrected chi connectivity index (χ0v) is 14.3. The molecule has 128 valence electrons. The number of carbonyl (C=O) groups is 1. The average molecular weight is 328 g/mol. The maximum Gasteiger partial charge on any atom is 0.247 e. The number of nitrogens with zero attached hydrogens (tertiary/aromatic N) is 4. The lowest BCUT2D eigenvalue weighted by molar-refractivity contribution is -0.137. The van der Waals surface area contributed by atoms with Crippen LogP contribution in [0, 0.1) is 0 Å². The van der Waals surface area contributed by atoms with E-state index in [1.807, 2.05) is 42.2 Å². The van der Waals surface area contributed by atoms with Crippen LogP contribution in [0.25, 0.3) is 0 Å². The Morgan fingerprint density at radius 2 is 2.12 bits per heavy atom. The zero-order chi connectivity index (χ0) is 16.9. The Labute approximate surface area is 142 Å². The molecule has 0 bridgehead atoms. The number of carbonyl (C=O) groups excluding carboxylic acids is 1. The first kappa shape index (κ1) is 16.5. The molecule has 0 unspecified atom stereocenters. The highest BCUT2D eigenvalue weighted by Crippen LogP contribution is 2.20. The van der Waals surface area contributed by atoms with Gasteiger partial charge >= 0.3 is 0 Å². The molecule has 1 aromatic carbocycles. The number of amides is 1. The van der Waals surface area contributed by atoms with Crippen molar-refractivity contribution in [2.24, 2.45) is 0 Å². The van der Waals surface area contributed by atoms with Crippen molar-refractivity contribution in [1.29, 1.82) is 0 Å². The lowest BCUT2D eigenvalue weighted by Crippen LogP contribution is -2.45. The Morgan fingerprint density at radius 3 is 2.88 bits per heavy atom. The van der Waals surface area contributed by atoms with Crippen LogP contribution in [-0.4, -0.2) is 38.4 Å². The molecule has 0 radical (unpaired) electrons. The minimum atomic E-state index is -0.344. The maximum atomic E-state index is 12.7. The van der Waals surface area contributed by atoms with Gasteiger partial charge < -0.3 is 9.64 Å². The van der Waals surface area contributed by atoms with Gasteiger partial charge in [-0.3, -0.25) is 4.79 Å². The monoisotopic (exact) mass is 328 g/mol. The van der Waals surface area contributed by atoms with Crippen LogP contribution in [0.3, 0.4) is 0 Å². The number of piperidine rings is 1. The molecule has 0 N–H and O–H groups in total. The Hall–Kier alpha value is -2.37. The summed E-state index contributed by atoms with van der Waals surface area (Å²) < 4.78 is 7.30. The van der Waals surface area contributed by atoms with Crippen LogP contribution in [0.15, 0.2) is 36.5 Å². The van der Waals surface area contributed by atoms with E-state index in [1.165, 1.54) is 6.42 Å². The molecular formula is C18H24N4O2.